The molecule has 150 valence electrons. The van der Waals surface area contributed by atoms with Crippen LogP contribution in [0.1, 0.15) is 11.9 Å². The Balaban J connectivity index is 1.22. The van der Waals surface area contributed by atoms with Crippen molar-refractivity contribution in [3.8, 4) is 11.5 Å². The summed E-state index contributed by atoms with van der Waals surface area (Å²) in [6, 6.07) is 12.8. The third-order valence-corrected chi connectivity index (χ3v) is 5.11. The van der Waals surface area contributed by atoms with Crippen LogP contribution in [0.4, 0.5) is 5.69 Å². The molecular weight excluding hydrogens is 396 g/mol. The maximum Gasteiger partial charge on any atom is 0.332 e. The number of nitrogens with zero attached hydrogens (tertiary/aromatic N) is 1. The predicted molar refractivity (Wildman–Crippen MR) is 106 cm³/mol. The molecule has 0 radical (unpaired) electrons. The van der Waals surface area contributed by atoms with Crippen LogP contribution < -0.4 is 14.8 Å². The molecule has 1 aliphatic rings. The number of carbonyl (C=O) groups excluding carboxylic acids is 2. The topological polar surface area (TPSA) is 96.0 Å². The van der Waals surface area contributed by atoms with Crippen molar-refractivity contribution in [1.29, 1.82) is 0 Å². The Labute approximate surface area is 170 Å². The SMILES string of the molecule is C[C@@H](OC(=O)COCc1nc2ccccc2s1)C(=O)Nc1ccc2c(c1)OCO2. The minimum atomic E-state index is -0.973. The highest BCUT2D eigenvalue weighted by Crippen LogP contribution is 2.34. The van der Waals surface area contributed by atoms with Gasteiger partial charge in [-0.3, -0.25) is 4.79 Å². The van der Waals surface area contributed by atoms with Crippen molar-refractivity contribution in [2.45, 2.75) is 19.6 Å². The highest BCUT2D eigenvalue weighted by atomic mass is 32.1. The summed E-state index contributed by atoms with van der Waals surface area (Å²) in [7, 11) is 0. The second-order valence-corrected chi connectivity index (χ2v) is 7.37. The van der Waals surface area contributed by atoms with Crippen LogP contribution in [0.5, 0.6) is 11.5 Å². The smallest absolute Gasteiger partial charge is 0.332 e. The zero-order valence-electron chi connectivity index (χ0n) is 15.5. The van der Waals surface area contributed by atoms with Crippen molar-refractivity contribution in [3.63, 3.8) is 0 Å². The van der Waals surface area contributed by atoms with Crippen molar-refractivity contribution >= 4 is 39.1 Å². The van der Waals surface area contributed by atoms with Crippen molar-refractivity contribution in [3.05, 3.63) is 47.5 Å². The van der Waals surface area contributed by atoms with E-state index >= 15 is 0 Å². The molecule has 0 aliphatic carbocycles. The number of hydrogen-bond donors (Lipinski definition) is 1. The average Bonchev–Trinajstić information content (AvgIpc) is 3.33. The molecule has 3 aromatic rings. The lowest BCUT2D eigenvalue weighted by Gasteiger charge is -2.13. The van der Waals surface area contributed by atoms with Crippen LogP contribution in [0.3, 0.4) is 0 Å². The molecule has 0 spiro atoms. The van der Waals surface area contributed by atoms with Crippen LogP contribution in [-0.4, -0.2) is 36.4 Å². The van der Waals surface area contributed by atoms with Gasteiger partial charge in [-0.2, -0.15) is 0 Å². The van der Waals surface area contributed by atoms with Gasteiger partial charge < -0.3 is 24.3 Å². The van der Waals surface area contributed by atoms with Gasteiger partial charge in [0.1, 0.15) is 11.6 Å². The summed E-state index contributed by atoms with van der Waals surface area (Å²) in [6.45, 7) is 1.58. The minimum absolute atomic E-state index is 0.151. The maximum atomic E-state index is 12.2. The van der Waals surface area contributed by atoms with E-state index < -0.39 is 18.0 Å². The Hall–Kier alpha value is -3.17. The normalized spacial score (nSPS) is 13.3. The highest BCUT2D eigenvalue weighted by Gasteiger charge is 2.20. The van der Waals surface area contributed by atoms with Gasteiger partial charge in [-0.05, 0) is 31.2 Å². The molecule has 9 heteroatoms. The highest BCUT2D eigenvalue weighted by molar-refractivity contribution is 7.18. The number of para-hydroxylation sites is 1. The Morgan fingerprint density at radius 2 is 2.03 bits per heavy atom. The molecule has 1 aromatic heterocycles. The van der Waals surface area contributed by atoms with Crippen molar-refractivity contribution in [2.75, 3.05) is 18.7 Å². The molecular formula is C20H18N2O6S. The number of rotatable bonds is 7. The second kappa shape index (κ2) is 8.46. The lowest BCUT2D eigenvalue weighted by atomic mass is 10.2. The number of carbonyl (C=O) groups is 2. The van der Waals surface area contributed by atoms with Gasteiger partial charge in [0.2, 0.25) is 6.79 Å². The first-order valence-corrected chi connectivity index (χ1v) is 9.72. The molecule has 1 N–H and O–H groups in total. The first-order chi connectivity index (χ1) is 14.1. The standard InChI is InChI=1S/C20H18N2O6S/c1-12(20(24)21-13-6-7-15-16(8-13)27-11-26-15)28-19(23)10-25-9-18-22-14-4-2-3-5-17(14)29-18/h2-8,12H,9-11H2,1H3,(H,21,24)/t12-/m1/s1. The zero-order valence-corrected chi connectivity index (χ0v) is 16.4. The number of fused-ring (bicyclic) bond motifs is 2. The summed E-state index contributed by atoms with van der Waals surface area (Å²) in [5.41, 5.74) is 1.42. The van der Waals surface area contributed by atoms with Crippen LogP contribution in [0.2, 0.25) is 0 Å². The van der Waals surface area contributed by atoms with Gasteiger partial charge in [0, 0.05) is 11.8 Å². The van der Waals surface area contributed by atoms with Crippen LogP contribution in [0.25, 0.3) is 10.2 Å². The molecule has 1 aliphatic heterocycles. The summed E-state index contributed by atoms with van der Waals surface area (Å²) in [5.74, 6) is 0.0892. The number of thiazole rings is 1. The van der Waals surface area contributed by atoms with E-state index in [1.807, 2.05) is 24.3 Å². The van der Waals surface area contributed by atoms with Gasteiger partial charge in [-0.1, -0.05) is 12.1 Å². The van der Waals surface area contributed by atoms with Crippen LogP contribution in [0, 0.1) is 0 Å². The van der Waals surface area contributed by atoms with E-state index in [9.17, 15) is 9.59 Å². The summed E-state index contributed by atoms with van der Waals surface area (Å²) >= 11 is 1.51. The van der Waals surface area contributed by atoms with Gasteiger partial charge in [0.25, 0.3) is 5.91 Å². The number of ether oxygens (including phenoxy) is 4. The summed E-state index contributed by atoms with van der Waals surface area (Å²) in [5, 5.41) is 3.44. The van der Waals surface area contributed by atoms with Crippen molar-refractivity contribution in [1.82, 2.24) is 4.98 Å². The Kier molecular flexibility index (Phi) is 5.59. The fourth-order valence-electron chi connectivity index (χ4n) is 2.71. The van der Waals surface area contributed by atoms with Gasteiger partial charge in [-0.25, -0.2) is 9.78 Å². The molecule has 1 atom stereocenters. The fourth-order valence-corrected chi connectivity index (χ4v) is 3.61. The van der Waals surface area contributed by atoms with Gasteiger partial charge in [-0.15, -0.1) is 11.3 Å². The molecule has 2 heterocycles. The lowest BCUT2D eigenvalue weighted by molar-refractivity contribution is -0.157. The number of anilines is 1. The first kappa shape index (κ1) is 19.2. The molecule has 2 aromatic carbocycles. The summed E-state index contributed by atoms with van der Waals surface area (Å²) < 4.78 is 22.0. The van der Waals surface area contributed by atoms with Crippen molar-refractivity contribution in [2.24, 2.45) is 0 Å². The van der Waals surface area contributed by atoms with Gasteiger partial charge in [0.15, 0.2) is 17.6 Å². The third kappa shape index (κ3) is 4.64. The average molecular weight is 414 g/mol. The molecule has 0 saturated carbocycles. The van der Waals surface area contributed by atoms with E-state index in [4.69, 9.17) is 18.9 Å². The minimum Gasteiger partial charge on any atom is -0.454 e. The molecule has 0 unspecified atom stereocenters. The van der Waals surface area contributed by atoms with Crippen LogP contribution >= 0.6 is 11.3 Å². The maximum absolute atomic E-state index is 12.2. The number of hydrogen-bond acceptors (Lipinski definition) is 8. The monoisotopic (exact) mass is 414 g/mol. The number of esters is 1. The predicted octanol–water partition coefficient (Wildman–Crippen LogP) is 3.11. The summed E-state index contributed by atoms with van der Waals surface area (Å²) in [4.78, 5) is 28.6. The van der Waals surface area contributed by atoms with Gasteiger partial charge in [0.05, 0.1) is 16.8 Å². The van der Waals surface area contributed by atoms with Crippen molar-refractivity contribution < 1.29 is 28.5 Å². The van der Waals surface area contributed by atoms with E-state index in [2.05, 4.69) is 10.3 Å². The molecule has 1 amide bonds. The Morgan fingerprint density at radius 1 is 1.21 bits per heavy atom. The summed E-state index contributed by atoms with van der Waals surface area (Å²) in [6.07, 6.45) is -0.973. The zero-order chi connectivity index (χ0) is 20.2. The van der Waals surface area contributed by atoms with E-state index in [-0.39, 0.29) is 20.0 Å². The van der Waals surface area contributed by atoms with E-state index in [1.54, 1.807) is 18.2 Å². The molecule has 8 nitrogen and oxygen atoms in total. The Morgan fingerprint density at radius 3 is 2.90 bits per heavy atom. The van der Waals surface area contributed by atoms with E-state index in [0.29, 0.717) is 17.2 Å². The quantitative estimate of drug-likeness (QED) is 0.594. The number of nitrogens with one attached hydrogen (secondary N) is 1. The van der Waals surface area contributed by atoms with Gasteiger partial charge >= 0.3 is 5.97 Å². The first-order valence-electron chi connectivity index (χ1n) is 8.91. The number of amides is 1. The van der Waals surface area contributed by atoms with Crippen LogP contribution in [0.15, 0.2) is 42.5 Å². The molecule has 4 rings (SSSR count). The lowest BCUT2D eigenvalue weighted by Crippen LogP contribution is -2.31. The molecule has 0 fully saturated rings. The van der Waals surface area contributed by atoms with Crippen LogP contribution in [-0.2, 0) is 25.7 Å². The molecule has 0 saturated heterocycles. The number of aromatic nitrogens is 1. The largest absolute Gasteiger partial charge is 0.454 e. The molecule has 29 heavy (non-hydrogen) atoms. The fraction of sp³-hybridized carbons (Fsp3) is 0.250. The van der Waals surface area contributed by atoms with E-state index in [1.165, 1.54) is 18.3 Å². The second-order valence-electron chi connectivity index (χ2n) is 6.26. The third-order valence-electron chi connectivity index (χ3n) is 4.10. The van der Waals surface area contributed by atoms with E-state index in [0.717, 1.165) is 15.2 Å². The number of benzene rings is 2. The molecule has 0 bridgehead atoms. The Bertz CT molecular complexity index is 1020.